The molecule has 1 fully saturated rings. The van der Waals surface area contributed by atoms with Gasteiger partial charge in [-0.15, -0.1) is 0 Å². The number of piperidine rings is 1. The van der Waals surface area contributed by atoms with E-state index >= 15 is 0 Å². The Labute approximate surface area is 120 Å². The van der Waals surface area contributed by atoms with Crippen LogP contribution in [0.5, 0.6) is 0 Å². The van der Waals surface area contributed by atoms with E-state index < -0.39 is 0 Å². The molecule has 1 saturated heterocycles. The summed E-state index contributed by atoms with van der Waals surface area (Å²) in [6, 6.07) is 4.77. The summed E-state index contributed by atoms with van der Waals surface area (Å²) >= 11 is 0. The topological polar surface area (TPSA) is 57.3 Å². The first kappa shape index (κ1) is 14.8. The van der Waals surface area contributed by atoms with E-state index in [0.717, 1.165) is 12.2 Å². The number of rotatable bonds is 4. The van der Waals surface area contributed by atoms with Gasteiger partial charge >= 0.3 is 0 Å². The summed E-state index contributed by atoms with van der Waals surface area (Å²) in [5, 5.41) is 5.97. The lowest BCUT2D eigenvalue weighted by Crippen LogP contribution is -2.50. The standard InChI is InChI=1S/C15H24N4O/c1-11(16-2)14-6-4-5-9-19(14)12-7-8-18-13(10-12)15(20)17-3/h7-8,10-11,14,16H,4-6,9H2,1-3H3,(H,17,20). The zero-order valence-electron chi connectivity index (χ0n) is 12.5. The van der Waals surface area contributed by atoms with Crippen molar-refractivity contribution in [2.75, 3.05) is 25.5 Å². The number of anilines is 1. The van der Waals surface area contributed by atoms with Crippen LogP contribution >= 0.6 is 0 Å². The number of amides is 1. The largest absolute Gasteiger partial charge is 0.367 e. The molecule has 1 aliphatic rings. The fourth-order valence-electron chi connectivity index (χ4n) is 2.84. The van der Waals surface area contributed by atoms with Gasteiger partial charge in [-0.2, -0.15) is 0 Å². The molecule has 1 aliphatic heterocycles. The smallest absolute Gasteiger partial charge is 0.269 e. The third-order valence-corrected chi connectivity index (χ3v) is 4.12. The Hall–Kier alpha value is -1.62. The van der Waals surface area contributed by atoms with Crippen LogP contribution in [0, 0.1) is 0 Å². The molecular formula is C15H24N4O. The molecule has 1 aromatic heterocycles. The summed E-state index contributed by atoms with van der Waals surface area (Å²) in [5.74, 6) is -0.137. The third kappa shape index (κ3) is 3.10. The molecule has 1 aromatic rings. The van der Waals surface area contributed by atoms with E-state index in [1.807, 2.05) is 19.2 Å². The van der Waals surface area contributed by atoms with Crippen LogP contribution in [0.1, 0.15) is 36.7 Å². The molecule has 0 radical (unpaired) electrons. The van der Waals surface area contributed by atoms with Gasteiger partial charge in [0.2, 0.25) is 0 Å². The number of hydrogen-bond acceptors (Lipinski definition) is 4. The van der Waals surface area contributed by atoms with Crippen molar-refractivity contribution in [1.29, 1.82) is 0 Å². The number of nitrogens with zero attached hydrogens (tertiary/aromatic N) is 2. The molecule has 0 bridgehead atoms. The Bertz CT molecular complexity index is 463. The van der Waals surface area contributed by atoms with Gasteiger partial charge in [0.05, 0.1) is 0 Å². The summed E-state index contributed by atoms with van der Waals surface area (Å²) < 4.78 is 0. The van der Waals surface area contributed by atoms with Crippen LogP contribution < -0.4 is 15.5 Å². The molecule has 2 heterocycles. The Morgan fingerprint density at radius 2 is 2.25 bits per heavy atom. The summed E-state index contributed by atoms with van der Waals surface area (Å²) in [5.41, 5.74) is 1.57. The summed E-state index contributed by atoms with van der Waals surface area (Å²) in [6.07, 6.45) is 5.36. The molecule has 5 nitrogen and oxygen atoms in total. The molecule has 110 valence electrons. The van der Waals surface area contributed by atoms with Gasteiger partial charge in [0.1, 0.15) is 5.69 Å². The number of carbonyl (C=O) groups is 1. The van der Waals surface area contributed by atoms with Gasteiger partial charge in [0, 0.05) is 37.6 Å². The van der Waals surface area contributed by atoms with Crippen molar-refractivity contribution in [3.05, 3.63) is 24.0 Å². The predicted octanol–water partition coefficient (Wildman–Crippen LogP) is 1.41. The maximum Gasteiger partial charge on any atom is 0.269 e. The Morgan fingerprint density at radius 3 is 2.95 bits per heavy atom. The van der Waals surface area contributed by atoms with E-state index in [1.165, 1.54) is 19.3 Å². The minimum absolute atomic E-state index is 0.137. The first-order valence-corrected chi connectivity index (χ1v) is 7.29. The third-order valence-electron chi connectivity index (χ3n) is 4.12. The van der Waals surface area contributed by atoms with Crippen molar-refractivity contribution in [2.45, 2.75) is 38.3 Å². The number of carbonyl (C=O) groups excluding carboxylic acids is 1. The predicted molar refractivity (Wildman–Crippen MR) is 81.1 cm³/mol. The first-order chi connectivity index (χ1) is 9.67. The zero-order valence-corrected chi connectivity index (χ0v) is 12.5. The second-order valence-electron chi connectivity index (χ2n) is 5.31. The molecular weight excluding hydrogens is 252 g/mol. The van der Waals surface area contributed by atoms with Crippen LogP contribution in [-0.2, 0) is 0 Å². The first-order valence-electron chi connectivity index (χ1n) is 7.29. The molecule has 2 unspecified atom stereocenters. The van der Waals surface area contributed by atoms with Crippen LogP contribution in [0.25, 0.3) is 0 Å². The summed E-state index contributed by atoms with van der Waals surface area (Å²) in [6.45, 7) is 3.25. The number of nitrogens with one attached hydrogen (secondary N) is 2. The monoisotopic (exact) mass is 276 g/mol. The summed E-state index contributed by atoms with van der Waals surface area (Å²) in [4.78, 5) is 18.3. The minimum Gasteiger partial charge on any atom is -0.367 e. The van der Waals surface area contributed by atoms with Crippen LogP contribution in [0.15, 0.2) is 18.3 Å². The fourth-order valence-corrected chi connectivity index (χ4v) is 2.84. The number of hydrogen-bond donors (Lipinski definition) is 2. The van der Waals surface area contributed by atoms with E-state index in [2.05, 4.69) is 27.4 Å². The van der Waals surface area contributed by atoms with Crippen molar-refractivity contribution in [3.8, 4) is 0 Å². The normalized spacial score (nSPS) is 20.6. The van der Waals surface area contributed by atoms with E-state index in [9.17, 15) is 4.79 Å². The minimum atomic E-state index is -0.137. The molecule has 5 heteroatoms. The van der Waals surface area contributed by atoms with Crippen molar-refractivity contribution in [3.63, 3.8) is 0 Å². The van der Waals surface area contributed by atoms with Gasteiger partial charge in [-0.05, 0) is 45.4 Å². The van der Waals surface area contributed by atoms with E-state index in [0.29, 0.717) is 17.8 Å². The van der Waals surface area contributed by atoms with Gasteiger partial charge in [0.25, 0.3) is 5.91 Å². The Balaban J connectivity index is 2.25. The second kappa shape index (κ2) is 6.70. The Kier molecular flexibility index (Phi) is 4.95. The van der Waals surface area contributed by atoms with Crippen LogP contribution in [0.4, 0.5) is 5.69 Å². The quantitative estimate of drug-likeness (QED) is 0.873. The van der Waals surface area contributed by atoms with Gasteiger partial charge in [-0.1, -0.05) is 0 Å². The molecule has 2 rings (SSSR count). The van der Waals surface area contributed by atoms with Gasteiger partial charge in [-0.25, -0.2) is 0 Å². The average molecular weight is 276 g/mol. The van der Waals surface area contributed by atoms with Gasteiger partial charge < -0.3 is 15.5 Å². The number of aromatic nitrogens is 1. The van der Waals surface area contributed by atoms with Crippen molar-refractivity contribution >= 4 is 11.6 Å². The van der Waals surface area contributed by atoms with Gasteiger partial charge in [-0.3, -0.25) is 9.78 Å². The highest BCUT2D eigenvalue weighted by Gasteiger charge is 2.27. The number of likely N-dealkylation sites (N-methyl/N-ethyl adjacent to an activating group) is 1. The fraction of sp³-hybridized carbons (Fsp3) is 0.600. The molecule has 0 spiro atoms. The molecule has 0 aliphatic carbocycles. The van der Waals surface area contributed by atoms with Crippen molar-refractivity contribution < 1.29 is 4.79 Å². The molecule has 2 N–H and O–H groups in total. The number of pyridine rings is 1. The summed E-state index contributed by atoms with van der Waals surface area (Å²) in [7, 11) is 3.63. The highest BCUT2D eigenvalue weighted by Crippen LogP contribution is 2.26. The second-order valence-corrected chi connectivity index (χ2v) is 5.31. The molecule has 0 saturated carbocycles. The highest BCUT2D eigenvalue weighted by molar-refractivity contribution is 5.92. The van der Waals surface area contributed by atoms with Gasteiger partial charge in [0.15, 0.2) is 0 Å². The van der Waals surface area contributed by atoms with Crippen LogP contribution in [0.2, 0.25) is 0 Å². The lowest BCUT2D eigenvalue weighted by Gasteiger charge is -2.41. The van der Waals surface area contributed by atoms with Crippen LogP contribution in [-0.4, -0.2) is 43.6 Å². The lowest BCUT2D eigenvalue weighted by molar-refractivity contribution is 0.0958. The van der Waals surface area contributed by atoms with E-state index in [4.69, 9.17) is 0 Å². The van der Waals surface area contributed by atoms with Crippen molar-refractivity contribution in [2.24, 2.45) is 0 Å². The SMILES string of the molecule is CNC(=O)c1cc(N2CCCCC2C(C)NC)ccn1. The molecule has 20 heavy (non-hydrogen) atoms. The lowest BCUT2D eigenvalue weighted by atomic mass is 9.96. The van der Waals surface area contributed by atoms with Crippen LogP contribution in [0.3, 0.4) is 0 Å². The maximum atomic E-state index is 11.7. The van der Waals surface area contributed by atoms with E-state index in [1.54, 1.807) is 13.2 Å². The average Bonchev–Trinajstić information content (AvgIpc) is 2.53. The maximum absolute atomic E-state index is 11.7. The molecule has 2 atom stereocenters. The van der Waals surface area contributed by atoms with E-state index in [-0.39, 0.29) is 5.91 Å². The highest BCUT2D eigenvalue weighted by atomic mass is 16.1. The molecule has 1 amide bonds. The molecule has 0 aromatic carbocycles. The zero-order chi connectivity index (χ0) is 14.5. The Morgan fingerprint density at radius 1 is 1.45 bits per heavy atom. The van der Waals surface area contributed by atoms with Crippen molar-refractivity contribution in [1.82, 2.24) is 15.6 Å².